The Morgan fingerprint density at radius 3 is 2.38 bits per heavy atom. The molecule has 44 valence electrons. The van der Waals surface area contributed by atoms with Crippen LogP contribution in [0, 0.1) is 0 Å². The first-order valence-electron chi connectivity index (χ1n) is 2.68. The topological polar surface area (TPSA) is 57.6 Å². The lowest BCUT2D eigenvalue weighted by Crippen LogP contribution is -2.24. The smallest absolute Gasteiger partial charge is 0.253 e. The molecule has 1 saturated heterocycles. The van der Waals surface area contributed by atoms with Crippen LogP contribution in [0.5, 0.6) is 0 Å². The maximum atomic E-state index is 10.4. The first-order valence-corrected chi connectivity index (χ1v) is 2.11. The van der Waals surface area contributed by atoms with Crippen LogP contribution in [0.1, 0.15) is 14.2 Å². The third-order valence-electron chi connectivity index (χ3n) is 0.896. The number of carbonyl (C=O) groups is 2. The van der Waals surface area contributed by atoms with Gasteiger partial charge in [-0.15, -0.1) is 0 Å². The standard InChI is InChI=1S/C4H5NO3/c6-3-1-2-4(7)5(3)8/h8H,1-2H2/i1D. The van der Waals surface area contributed by atoms with Crippen molar-refractivity contribution in [3.63, 3.8) is 0 Å². The molecule has 0 radical (unpaired) electrons. The lowest BCUT2D eigenvalue weighted by Gasteiger charge is -1.98. The molecule has 4 nitrogen and oxygen atoms in total. The van der Waals surface area contributed by atoms with Gasteiger partial charge in [0, 0.05) is 14.2 Å². The fourth-order valence-electron chi connectivity index (χ4n) is 0.470. The molecular weight excluding hydrogens is 110 g/mol. The third-order valence-corrected chi connectivity index (χ3v) is 0.896. The van der Waals surface area contributed by atoms with Gasteiger partial charge in [0.15, 0.2) is 0 Å². The van der Waals surface area contributed by atoms with Crippen LogP contribution in [0.3, 0.4) is 0 Å². The van der Waals surface area contributed by atoms with Gasteiger partial charge in [0.2, 0.25) is 0 Å². The zero-order valence-corrected chi connectivity index (χ0v) is 4.00. The minimum atomic E-state index is -1.09. The van der Waals surface area contributed by atoms with Gasteiger partial charge >= 0.3 is 0 Å². The molecule has 1 fully saturated rings. The molecule has 1 rings (SSSR count). The summed E-state index contributed by atoms with van der Waals surface area (Å²) in [6.45, 7) is 0. The van der Waals surface area contributed by atoms with Gasteiger partial charge in [-0.05, 0) is 0 Å². The number of rotatable bonds is 0. The summed E-state index contributed by atoms with van der Waals surface area (Å²) in [5.41, 5.74) is 0. The van der Waals surface area contributed by atoms with Gasteiger partial charge in [-0.1, -0.05) is 0 Å². The minimum absolute atomic E-state index is 0.00231. The van der Waals surface area contributed by atoms with Gasteiger partial charge in [-0.2, -0.15) is 5.06 Å². The van der Waals surface area contributed by atoms with Gasteiger partial charge in [-0.25, -0.2) is 0 Å². The second kappa shape index (κ2) is 1.56. The summed E-state index contributed by atoms with van der Waals surface area (Å²) in [5, 5.41) is 8.45. The molecule has 1 aliphatic heterocycles. The normalized spacial score (nSPS) is 31.4. The van der Waals surface area contributed by atoms with Gasteiger partial charge in [-0.3, -0.25) is 14.8 Å². The average molecular weight is 116 g/mol. The van der Waals surface area contributed by atoms with Crippen molar-refractivity contribution in [1.82, 2.24) is 5.06 Å². The molecule has 4 heteroatoms. The van der Waals surface area contributed by atoms with Crippen molar-refractivity contribution in [2.45, 2.75) is 12.8 Å². The van der Waals surface area contributed by atoms with Gasteiger partial charge < -0.3 is 0 Å². The molecule has 0 aromatic rings. The van der Waals surface area contributed by atoms with Crippen LogP contribution in [0.4, 0.5) is 0 Å². The monoisotopic (exact) mass is 116 g/mol. The van der Waals surface area contributed by atoms with Crippen molar-refractivity contribution >= 4 is 11.8 Å². The summed E-state index contributed by atoms with van der Waals surface area (Å²) in [5.74, 6) is -1.53. The van der Waals surface area contributed by atoms with Gasteiger partial charge in [0.05, 0.1) is 0 Å². The fraction of sp³-hybridized carbons (Fsp3) is 0.500. The van der Waals surface area contributed by atoms with E-state index in [1.54, 1.807) is 0 Å². The Kier molecular flexibility index (Phi) is 0.783. The predicted molar refractivity (Wildman–Crippen MR) is 22.9 cm³/mol. The van der Waals surface area contributed by atoms with E-state index in [4.69, 9.17) is 6.58 Å². The van der Waals surface area contributed by atoms with Crippen molar-refractivity contribution in [2.24, 2.45) is 0 Å². The molecule has 0 saturated carbocycles. The van der Waals surface area contributed by atoms with Crippen LogP contribution in [0.15, 0.2) is 0 Å². The number of nitrogens with zero attached hydrogens (tertiary/aromatic N) is 1. The Labute approximate surface area is 47.1 Å². The lowest BCUT2D eigenvalue weighted by atomic mass is 10.4. The molecule has 1 heterocycles. The minimum Gasteiger partial charge on any atom is -0.279 e. The molecule has 1 atom stereocenters. The van der Waals surface area contributed by atoms with Crippen LogP contribution < -0.4 is 0 Å². The highest BCUT2D eigenvalue weighted by Gasteiger charge is 2.26. The molecule has 2 amide bonds. The highest BCUT2D eigenvalue weighted by Crippen LogP contribution is 2.06. The summed E-state index contributed by atoms with van der Waals surface area (Å²) in [6.07, 6.45) is -1.29. The van der Waals surface area contributed by atoms with E-state index in [2.05, 4.69) is 0 Å². The van der Waals surface area contributed by atoms with Gasteiger partial charge in [0.1, 0.15) is 0 Å². The molecular formula is C4H5NO3. The molecule has 0 aliphatic carbocycles. The Morgan fingerprint density at radius 1 is 1.62 bits per heavy atom. The van der Waals surface area contributed by atoms with E-state index in [1.165, 1.54) is 0 Å². The highest BCUT2D eigenvalue weighted by molar-refractivity contribution is 6.00. The number of hydrogen-bond acceptors (Lipinski definition) is 3. The van der Waals surface area contributed by atoms with Crippen molar-refractivity contribution < 1.29 is 16.2 Å². The van der Waals surface area contributed by atoms with E-state index in [-0.39, 0.29) is 11.5 Å². The van der Waals surface area contributed by atoms with Crippen LogP contribution in [0.25, 0.3) is 0 Å². The second-order valence-corrected chi connectivity index (χ2v) is 1.45. The SMILES string of the molecule is [2H]C1CC(=O)N(O)C1=O. The fourth-order valence-corrected chi connectivity index (χ4v) is 0.470. The Morgan fingerprint density at radius 2 is 2.25 bits per heavy atom. The van der Waals surface area contributed by atoms with E-state index in [1.807, 2.05) is 0 Å². The molecule has 0 aromatic heterocycles. The van der Waals surface area contributed by atoms with Crippen molar-refractivity contribution in [3.8, 4) is 0 Å². The van der Waals surface area contributed by atoms with E-state index in [0.717, 1.165) is 0 Å². The van der Waals surface area contributed by atoms with Crippen molar-refractivity contribution in [3.05, 3.63) is 0 Å². The van der Waals surface area contributed by atoms with E-state index in [9.17, 15) is 9.59 Å². The van der Waals surface area contributed by atoms with Gasteiger partial charge in [0.25, 0.3) is 11.8 Å². The largest absolute Gasteiger partial charge is 0.279 e. The molecule has 0 spiro atoms. The predicted octanol–water partition coefficient (Wildman–Crippen LogP) is -0.475. The van der Waals surface area contributed by atoms with E-state index < -0.39 is 18.2 Å². The first kappa shape index (κ1) is 4.03. The van der Waals surface area contributed by atoms with Crippen LogP contribution in [0.2, 0.25) is 0 Å². The highest BCUT2D eigenvalue weighted by atomic mass is 16.5. The number of hydrogen-bond donors (Lipinski definition) is 1. The Hall–Kier alpha value is -0.900. The second-order valence-electron chi connectivity index (χ2n) is 1.45. The maximum absolute atomic E-state index is 10.4. The Balaban J connectivity index is 2.77. The number of amides is 2. The third kappa shape index (κ3) is 0.586. The van der Waals surface area contributed by atoms with Crippen molar-refractivity contribution in [1.29, 1.82) is 0 Å². The van der Waals surface area contributed by atoms with Crippen LogP contribution >= 0.6 is 0 Å². The summed E-state index contributed by atoms with van der Waals surface area (Å²) in [4.78, 5) is 20.7. The zero-order valence-electron chi connectivity index (χ0n) is 5.00. The first-order chi connectivity index (χ1) is 4.13. The van der Waals surface area contributed by atoms with E-state index >= 15 is 0 Å². The summed E-state index contributed by atoms with van der Waals surface area (Å²) in [6, 6.07) is 0. The molecule has 1 N–H and O–H groups in total. The van der Waals surface area contributed by atoms with Crippen molar-refractivity contribution in [2.75, 3.05) is 0 Å². The summed E-state index contributed by atoms with van der Waals surface area (Å²) < 4.78 is 6.83. The number of hydroxylamine groups is 2. The number of carbonyl (C=O) groups excluding carboxylic acids is 2. The Bertz CT molecular complexity index is 169. The molecule has 1 unspecified atom stereocenters. The van der Waals surface area contributed by atoms with Crippen LogP contribution in [-0.2, 0) is 9.59 Å². The molecule has 0 bridgehead atoms. The van der Waals surface area contributed by atoms with Crippen LogP contribution in [-0.4, -0.2) is 22.1 Å². The average Bonchev–Trinajstić information content (AvgIpc) is 1.98. The quantitative estimate of drug-likeness (QED) is 0.343. The maximum Gasteiger partial charge on any atom is 0.253 e. The molecule has 8 heavy (non-hydrogen) atoms. The molecule has 1 aliphatic rings. The molecule has 0 aromatic carbocycles. The zero-order chi connectivity index (χ0) is 7.02. The summed E-state index contributed by atoms with van der Waals surface area (Å²) >= 11 is 0. The van der Waals surface area contributed by atoms with E-state index in [0.29, 0.717) is 0 Å². The summed E-state index contributed by atoms with van der Waals surface area (Å²) in [7, 11) is 0. The number of imide groups is 1. The lowest BCUT2D eigenvalue weighted by molar-refractivity contribution is -0.171.